The standard InChI is InChI=1S/C5H6N3S/c1-9-5-4(6)7-2-3-8-5/h2-3H,1H2,(H2,6,7)/q+1. The summed E-state index contributed by atoms with van der Waals surface area (Å²) in [5, 5.41) is 0.678. The van der Waals surface area contributed by atoms with Gasteiger partial charge in [0.05, 0.1) is 6.20 Å². The van der Waals surface area contributed by atoms with Crippen molar-refractivity contribution in [3.8, 4) is 0 Å². The second-order valence-electron chi connectivity index (χ2n) is 1.39. The molecule has 0 aliphatic heterocycles. The summed E-state index contributed by atoms with van der Waals surface area (Å²) >= 11 is 1.25. The molecule has 1 rings (SSSR count). The van der Waals surface area contributed by atoms with E-state index in [4.69, 9.17) is 5.73 Å². The molecule has 1 aromatic heterocycles. The fourth-order valence-corrected chi connectivity index (χ4v) is 0.783. The minimum Gasteiger partial charge on any atom is -0.378 e. The molecular formula is C5H6N3S+. The second kappa shape index (κ2) is 2.50. The van der Waals surface area contributed by atoms with Crippen LogP contribution in [0.5, 0.6) is 0 Å². The van der Waals surface area contributed by atoms with E-state index in [1.54, 1.807) is 12.4 Å². The Morgan fingerprint density at radius 3 is 2.56 bits per heavy atom. The summed E-state index contributed by atoms with van der Waals surface area (Å²) in [7, 11) is 0. The minimum atomic E-state index is 0.442. The van der Waals surface area contributed by atoms with Crippen molar-refractivity contribution in [1.82, 2.24) is 9.97 Å². The van der Waals surface area contributed by atoms with E-state index in [0.717, 1.165) is 0 Å². The first-order valence-electron chi connectivity index (χ1n) is 2.33. The Kier molecular flexibility index (Phi) is 1.69. The third-order valence-corrected chi connectivity index (χ3v) is 1.42. The topological polar surface area (TPSA) is 51.8 Å². The maximum absolute atomic E-state index is 5.40. The molecule has 0 spiro atoms. The quantitative estimate of drug-likeness (QED) is 0.439. The molecule has 0 radical (unpaired) electrons. The molecule has 0 amide bonds. The van der Waals surface area contributed by atoms with Crippen LogP contribution in [0.25, 0.3) is 0 Å². The van der Waals surface area contributed by atoms with Gasteiger partial charge in [0.25, 0.3) is 0 Å². The maximum Gasteiger partial charge on any atom is 0.364 e. The predicted octanol–water partition coefficient (Wildman–Crippen LogP) is -0.0677. The van der Waals surface area contributed by atoms with E-state index in [1.165, 1.54) is 11.4 Å². The third kappa shape index (κ3) is 1.20. The van der Waals surface area contributed by atoms with Crippen molar-refractivity contribution in [3.63, 3.8) is 0 Å². The van der Waals surface area contributed by atoms with Crippen molar-refractivity contribution in [3.05, 3.63) is 12.4 Å². The van der Waals surface area contributed by atoms with E-state index in [-0.39, 0.29) is 0 Å². The lowest BCUT2D eigenvalue weighted by Crippen LogP contribution is -1.95. The summed E-state index contributed by atoms with van der Waals surface area (Å²) in [6.07, 6.45) is 3.14. The number of hydrogen-bond acceptors (Lipinski definition) is 3. The Labute approximate surface area is 56.9 Å². The molecule has 0 aliphatic rings. The van der Waals surface area contributed by atoms with Gasteiger partial charge in [-0.3, -0.25) is 0 Å². The van der Waals surface area contributed by atoms with Gasteiger partial charge in [0.1, 0.15) is 0 Å². The van der Waals surface area contributed by atoms with Crippen molar-refractivity contribution < 1.29 is 0 Å². The molecule has 46 valence electrons. The maximum atomic E-state index is 5.40. The third-order valence-electron chi connectivity index (χ3n) is 0.828. The normalized spacial score (nSPS) is 8.89. The average molecular weight is 140 g/mol. The van der Waals surface area contributed by atoms with Crippen LogP contribution < -0.4 is 5.73 Å². The molecule has 1 heterocycles. The van der Waals surface area contributed by atoms with Crippen molar-refractivity contribution in [2.75, 3.05) is 5.73 Å². The van der Waals surface area contributed by atoms with Crippen LogP contribution in [0, 0.1) is 0 Å². The number of rotatable bonds is 1. The summed E-state index contributed by atoms with van der Waals surface area (Å²) < 4.78 is 0. The molecule has 1 aromatic rings. The second-order valence-corrected chi connectivity index (χ2v) is 2.07. The van der Waals surface area contributed by atoms with Crippen LogP contribution in [0.2, 0.25) is 0 Å². The lowest BCUT2D eigenvalue weighted by molar-refractivity contribution is 1.07. The Hall–Kier alpha value is -1.03. The molecule has 4 heteroatoms. The Morgan fingerprint density at radius 1 is 1.44 bits per heavy atom. The first-order valence-corrected chi connectivity index (χ1v) is 3.31. The van der Waals surface area contributed by atoms with E-state index < -0.39 is 0 Å². The molecular weight excluding hydrogens is 134 g/mol. The molecule has 0 saturated carbocycles. The minimum absolute atomic E-state index is 0.442. The van der Waals surface area contributed by atoms with Crippen molar-refractivity contribution >= 4 is 23.0 Å². The van der Waals surface area contributed by atoms with Gasteiger partial charge >= 0.3 is 5.03 Å². The summed E-state index contributed by atoms with van der Waals surface area (Å²) in [5.74, 6) is 3.99. The van der Waals surface area contributed by atoms with E-state index in [1.807, 2.05) is 0 Å². The zero-order chi connectivity index (χ0) is 6.69. The van der Waals surface area contributed by atoms with E-state index in [0.29, 0.717) is 10.8 Å². The van der Waals surface area contributed by atoms with Crippen LogP contribution in [0.4, 0.5) is 5.82 Å². The number of aromatic nitrogens is 2. The van der Waals surface area contributed by atoms with E-state index in [2.05, 4.69) is 15.8 Å². The first kappa shape index (κ1) is 6.10. The number of nitrogens with two attached hydrogens (primary N) is 1. The number of anilines is 1. The summed E-state index contributed by atoms with van der Waals surface area (Å²) in [6.45, 7) is 0. The lowest BCUT2D eigenvalue weighted by Gasteiger charge is -1.83. The van der Waals surface area contributed by atoms with Gasteiger partial charge in [0.2, 0.25) is 17.2 Å². The first-order chi connectivity index (χ1) is 4.34. The SMILES string of the molecule is C=[S+]c1nccnc1N. The van der Waals surface area contributed by atoms with Crippen LogP contribution in [0.15, 0.2) is 17.4 Å². The van der Waals surface area contributed by atoms with Crippen LogP contribution >= 0.6 is 0 Å². The molecule has 3 nitrogen and oxygen atoms in total. The summed E-state index contributed by atoms with van der Waals surface area (Å²) in [5.41, 5.74) is 5.40. The number of nitrogen functional groups attached to an aromatic ring is 1. The summed E-state index contributed by atoms with van der Waals surface area (Å²) in [4.78, 5) is 7.71. The van der Waals surface area contributed by atoms with Crippen LogP contribution in [-0.4, -0.2) is 15.8 Å². The highest BCUT2D eigenvalue weighted by atomic mass is 32.1. The Balaban J connectivity index is 3.15. The number of hydrogen-bond donors (Lipinski definition) is 1. The molecule has 2 N–H and O–H groups in total. The predicted molar refractivity (Wildman–Crippen MR) is 39.2 cm³/mol. The highest BCUT2D eigenvalue weighted by Crippen LogP contribution is 2.00. The Bertz CT molecular complexity index is 223. The van der Waals surface area contributed by atoms with Crippen LogP contribution in [-0.2, 0) is 11.4 Å². The molecule has 0 saturated heterocycles. The molecule has 0 aromatic carbocycles. The van der Waals surface area contributed by atoms with Gasteiger partial charge in [-0.15, -0.1) is 0 Å². The number of nitrogens with zero attached hydrogens (tertiary/aromatic N) is 2. The van der Waals surface area contributed by atoms with Crippen molar-refractivity contribution in [1.29, 1.82) is 0 Å². The van der Waals surface area contributed by atoms with Crippen molar-refractivity contribution in [2.24, 2.45) is 0 Å². The highest BCUT2D eigenvalue weighted by molar-refractivity contribution is 7.76. The largest absolute Gasteiger partial charge is 0.378 e. The molecule has 0 bridgehead atoms. The van der Waals surface area contributed by atoms with Gasteiger partial charge in [-0.05, 0) is 0 Å². The van der Waals surface area contributed by atoms with Gasteiger partial charge in [-0.25, -0.2) is 4.98 Å². The van der Waals surface area contributed by atoms with Gasteiger partial charge in [0, 0.05) is 6.20 Å². The smallest absolute Gasteiger partial charge is 0.364 e. The fourth-order valence-electron chi connectivity index (χ4n) is 0.447. The molecule has 0 fully saturated rings. The van der Waals surface area contributed by atoms with Gasteiger partial charge in [-0.1, -0.05) is 0 Å². The molecule has 0 unspecified atom stereocenters. The zero-order valence-electron chi connectivity index (χ0n) is 4.74. The van der Waals surface area contributed by atoms with E-state index >= 15 is 0 Å². The molecule has 0 atom stereocenters. The molecule has 0 aliphatic carbocycles. The van der Waals surface area contributed by atoms with Crippen molar-refractivity contribution in [2.45, 2.75) is 5.03 Å². The van der Waals surface area contributed by atoms with Crippen LogP contribution in [0.1, 0.15) is 0 Å². The zero-order valence-corrected chi connectivity index (χ0v) is 5.56. The van der Waals surface area contributed by atoms with E-state index in [9.17, 15) is 0 Å². The average Bonchev–Trinajstić information content (AvgIpc) is 1.89. The van der Waals surface area contributed by atoms with Gasteiger partial charge in [-0.2, -0.15) is 4.98 Å². The fraction of sp³-hybridized carbons (Fsp3) is 0. The monoisotopic (exact) mass is 140 g/mol. The van der Waals surface area contributed by atoms with Gasteiger partial charge in [0.15, 0.2) is 5.87 Å². The summed E-state index contributed by atoms with van der Waals surface area (Å²) in [6, 6.07) is 0. The highest BCUT2D eigenvalue weighted by Gasteiger charge is 2.05. The lowest BCUT2D eigenvalue weighted by atomic mass is 10.7. The molecule has 9 heavy (non-hydrogen) atoms. The van der Waals surface area contributed by atoms with Gasteiger partial charge < -0.3 is 5.73 Å². The Morgan fingerprint density at radius 2 is 2.11 bits per heavy atom. The van der Waals surface area contributed by atoms with Crippen LogP contribution in [0.3, 0.4) is 0 Å².